The Labute approximate surface area is 210 Å². The zero-order valence-corrected chi connectivity index (χ0v) is 20.3. The van der Waals surface area contributed by atoms with Gasteiger partial charge >= 0.3 is 5.97 Å². The number of piperidine rings is 1. The van der Waals surface area contributed by atoms with Gasteiger partial charge in [0.25, 0.3) is 5.78 Å². The number of nitrogens with zero attached hydrogens (tertiary/aromatic N) is 9. The normalized spacial score (nSPS) is 19.3. The first kappa shape index (κ1) is 22.7. The highest BCUT2D eigenvalue weighted by molar-refractivity contribution is 7.17. The summed E-state index contributed by atoms with van der Waals surface area (Å²) in [5.41, 5.74) is 6.20. The van der Waals surface area contributed by atoms with Crippen LogP contribution in [0.5, 0.6) is 0 Å². The fourth-order valence-electron chi connectivity index (χ4n) is 4.84. The molecule has 3 N–H and O–H groups in total. The Balaban J connectivity index is 1.09. The maximum absolute atomic E-state index is 11.1. The Kier molecular flexibility index (Phi) is 5.89. The van der Waals surface area contributed by atoms with E-state index < -0.39 is 5.97 Å². The zero-order chi connectivity index (χ0) is 24.6. The highest BCUT2D eigenvalue weighted by Crippen LogP contribution is 2.26. The fourth-order valence-corrected chi connectivity index (χ4v) is 5.64. The van der Waals surface area contributed by atoms with Crippen LogP contribution in [0.1, 0.15) is 22.5 Å². The number of fused-ring (bicyclic) bond motifs is 1. The maximum atomic E-state index is 11.1. The average Bonchev–Trinajstić information content (AvgIpc) is 3.65. The van der Waals surface area contributed by atoms with Gasteiger partial charge in [0.2, 0.25) is 17.7 Å². The standard InChI is InChI=1S/C22H26N10O3S/c23-19-26-20(27-21-25-17(28-32(19)21)15-4-2-10-35-15)31-5-1-3-14(13-31)12-29-6-8-30(9-7-29)22-24-11-16(36-22)18(33)34/h2,4,10-11,14H,1,3,5-9,12-13H2,(H,33,34)(H2,23,25,26,27,28)/t14-/m0/s1. The number of carboxylic acid groups (broad SMARTS) is 1. The van der Waals surface area contributed by atoms with E-state index in [-0.39, 0.29) is 10.8 Å². The van der Waals surface area contributed by atoms with E-state index in [1.807, 2.05) is 0 Å². The Hall–Kier alpha value is -3.78. The van der Waals surface area contributed by atoms with E-state index in [0.29, 0.717) is 29.2 Å². The Morgan fingerprint density at radius 2 is 2.03 bits per heavy atom. The van der Waals surface area contributed by atoms with Gasteiger partial charge in [0.05, 0.1) is 12.5 Å². The van der Waals surface area contributed by atoms with Gasteiger partial charge in [-0.2, -0.15) is 19.5 Å². The maximum Gasteiger partial charge on any atom is 0.347 e. The van der Waals surface area contributed by atoms with E-state index in [1.165, 1.54) is 22.0 Å². The van der Waals surface area contributed by atoms with Crippen molar-refractivity contribution in [2.45, 2.75) is 12.8 Å². The number of furan rings is 1. The van der Waals surface area contributed by atoms with Gasteiger partial charge in [0, 0.05) is 45.8 Å². The molecule has 4 aromatic heterocycles. The molecule has 1 atom stereocenters. The second-order valence-corrected chi connectivity index (χ2v) is 10.1. The SMILES string of the molecule is Nc1nc(N2CCC[C@@H](CN3CCN(c4ncc(C(=O)O)s4)CC3)C2)nc2nc(-c3ccco3)nn12. The van der Waals surface area contributed by atoms with Crippen LogP contribution in [0.3, 0.4) is 0 Å². The Bertz CT molecular complexity index is 1360. The van der Waals surface area contributed by atoms with Crippen LogP contribution in [0.15, 0.2) is 29.0 Å². The molecule has 2 aliphatic heterocycles. The monoisotopic (exact) mass is 510 g/mol. The summed E-state index contributed by atoms with van der Waals surface area (Å²) in [7, 11) is 0. The number of piperazine rings is 1. The molecule has 0 aliphatic carbocycles. The van der Waals surface area contributed by atoms with Gasteiger partial charge in [-0.3, -0.25) is 4.90 Å². The van der Waals surface area contributed by atoms with E-state index in [4.69, 9.17) is 15.3 Å². The van der Waals surface area contributed by atoms with E-state index >= 15 is 0 Å². The predicted molar refractivity (Wildman–Crippen MR) is 133 cm³/mol. The molecule has 36 heavy (non-hydrogen) atoms. The summed E-state index contributed by atoms with van der Waals surface area (Å²) in [5, 5.41) is 14.3. The minimum absolute atomic E-state index is 0.242. The summed E-state index contributed by atoms with van der Waals surface area (Å²) in [6.45, 7) is 6.23. The van der Waals surface area contributed by atoms with Gasteiger partial charge in [-0.1, -0.05) is 11.3 Å². The van der Waals surface area contributed by atoms with E-state index in [2.05, 4.69) is 39.7 Å². The number of aromatic carboxylic acids is 1. The average molecular weight is 511 g/mol. The van der Waals surface area contributed by atoms with Crippen molar-refractivity contribution in [1.29, 1.82) is 0 Å². The highest BCUT2D eigenvalue weighted by Gasteiger charge is 2.27. The third-order valence-electron chi connectivity index (χ3n) is 6.63. The molecule has 6 rings (SSSR count). The molecule has 0 saturated carbocycles. The number of thiazole rings is 1. The van der Waals surface area contributed by atoms with Gasteiger partial charge < -0.3 is 25.1 Å². The van der Waals surface area contributed by atoms with Crippen LogP contribution in [0.4, 0.5) is 17.0 Å². The highest BCUT2D eigenvalue weighted by atomic mass is 32.1. The Morgan fingerprint density at radius 3 is 2.78 bits per heavy atom. The van der Waals surface area contributed by atoms with Crippen LogP contribution in [0.2, 0.25) is 0 Å². The fraction of sp³-hybridized carbons (Fsp3) is 0.455. The van der Waals surface area contributed by atoms with E-state index in [0.717, 1.165) is 63.8 Å². The van der Waals surface area contributed by atoms with Crippen molar-refractivity contribution in [1.82, 2.24) is 34.4 Å². The summed E-state index contributed by atoms with van der Waals surface area (Å²) in [6.07, 6.45) is 5.22. The second-order valence-electron chi connectivity index (χ2n) is 9.06. The minimum Gasteiger partial charge on any atom is -0.477 e. The smallest absolute Gasteiger partial charge is 0.347 e. The number of carboxylic acids is 1. The largest absolute Gasteiger partial charge is 0.477 e. The topological polar surface area (TPSA) is 155 Å². The molecule has 0 aromatic carbocycles. The second kappa shape index (κ2) is 9.35. The molecule has 0 unspecified atom stereocenters. The molecular weight excluding hydrogens is 484 g/mol. The summed E-state index contributed by atoms with van der Waals surface area (Å²) < 4.78 is 6.83. The molecule has 4 aromatic rings. The molecule has 2 aliphatic rings. The number of rotatable bonds is 6. The van der Waals surface area contributed by atoms with Crippen molar-refractivity contribution < 1.29 is 14.3 Å². The van der Waals surface area contributed by atoms with Crippen molar-refractivity contribution in [3.05, 3.63) is 29.5 Å². The molecule has 0 bridgehead atoms. The molecule has 6 heterocycles. The lowest BCUT2D eigenvalue weighted by Crippen LogP contribution is -2.49. The van der Waals surface area contributed by atoms with Gasteiger partial charge in [0.1, 0.15) is 4.88 Å². The van der Waals surface area contributed by atoms with E-state index in [1.54, 1.807) is 18.4 Å². The lowest BCUT2D eigenvalue weighted by molar-refractivity contribution is 0.0702. The van der Waals surface area contributed by atoms with Crippen LogP contribution in [-0.2, 0) is 0 Å². The number of aromatic nitrogens is 6. The summed E-state index contributed by atoms with van der Waals surface area (Å²) >= 11 is 1.23. The number of anilines is 3. The van der Waals surface area contributed by atoms with Crippen molar-refractivity contribution in [3.63, 3.8) is 0 Å². The van der Waals surface area contributed by atoms with Crippen LogP contribution < -0.4 is 15.5 Å². The lowest BCUT2D eigenvalue weighted by atomic mass is 9.97. The van der Waals surface area contributed by atoms with E-state index in [9.17, 15) is 4.79 Å². The van der Waals surface area contributed by atoms with Gasteiger partial charge in [0.15, 0.2) is 10.9 Å². The minimum atomic E-state index is -0.925. The molecular formula is C22H26N10O3S. The van der Waals surface area contributed by atoms with Crippen LogP contribution in [0, 0.1) is 5.92 Å². The molecule has 0 radical (unpaired) electrons. The zero-order valence-electron chi connectivity index (χ0n) is 19.5. The molecule has 188 valence electrons. The third-order valence-corrected chi connectivity index (χ3v) is 7.67. The number of nitrogens with two attached hydrogens (primary N) is 1. The number of hydrogen-bond donors (Lipinski definition) is 2. The summed E-state index contributed by atoms with van der Waals surface area (Å²) in [5.74, 6) is 1.75. The van der Waals surface area contributed by atoms with Crippen molar-refractivity contribution in [2.24, 2.45) is 5.92 Å². The first-order valence-electron chi connectivity index (χ1n) is 11.9. The number of nitrogen functional groups attached to an aromatic ring is 1. The first-order chi connectivity index (χ1) is 17.5. The van der Waals surface area contributed by atoms with Crippen LogP contribution in [-0.4, -0.2) is 91.3 Å². The summed E-state index contributed by atoms with van der Waals surface area (Å²) in [4.78, 5) is 36.2. The van der Waals surface area contributed by atoms with Crippen molar-refractivity contribution in [2.75, 3.05) is 61.3 Å². The molecule has 0 amide bonds. The van der Waals surface area contributed by atoms with Crippen molar-refractivity contribution in [3.8, 4) is 11.6 Å². The number of carbonyl (C=O) groups is 1. The predicted octanol–water partition coefficient (Wildman–Crippen LogP) is 1.55. The lowest BCUT2D eigenvalue weighted by Gasteiger charge is -2.39. The molecule has 0 spiro atoms. The van der Waals surface area contributed by atoms with Crippen LogP contribution >= 0.6 is 11.3 Å². The van der Waals surface area contributed by atoms with Gasteiger partial charge in [-0.25, -0.2) is 9.78 Å². The van der Waals surface area contributed by atoms with Crippen molar-refractivity contribution >= 4 is 40.1 Å². The molecule has 13 nitrogen and oxygen atoms in total. The van der Waals surface area contributed by atoms with Crippen LogP contribution in [0.25, 0.3) is 17.4 Å². The Morgan fingerprint density at radius 1 is 1.17 bits per heavy atom. The molecule has 2 saturated heterocycles. The van der Waals surface area contributed by atoms with Gasteiger partial charge in [-0.05, 0) is 30.9 Å². The summed E-state index contributed by atoms with van der Waals surface area (Å²) in [6, 6.07) is 3.57. The molecule has 14 heteroatoms. The number of hydrogen-bond acceptors (Lipinski definition) is 12. The quantitative estimate of drug-likeness (QED) is 0.386. The first-order valence-corrected chi connectivity index (χ1v) is 12.7. The van der Waals surface area contributed by atoms with Gasteiger partial charge in [-0.15, -0.1) is 5.10 Å². The third kappa shape index (κ3) is 4.44. The molecule has 2 fully saturated rings.